The van der Waals surface area contributed by atoms with E-state index in [4.69, 9.17) is 19.8 Å². The summed E-state index contributed by atoms with van der Waals surface area (Å²) in [6.07, 6.45) is 0.958. The molecule has 1 atom stereocenters. The van der Waals surface area contributed by atoms with Gasteiger partial charge < -0.3 is 14.6 Å². The van der Waals surface area contributed by atoms with Crippen LogP contribution in [-0.4, -0.2) is 41.3 Å². The Hall–Kier alpha value is -3.69. The first kappa shape index (κ1) is 25.6. The van der Waals surface area contributed by atoms with Crippen molar-refractivity contribution in [3.05, 3.63) is 71.8 Å². The van der Waals surface area contributed by atoms with E-state index in [-0.39, 0.29) is 19.0 Å². The van der Waals surface area contributed by atoms with E-state index >= 15 is 0 Å². The highest BCUT2D eigenvalue weighted by Gasteiger charge is 2.34. The number of aliphatic hydroxyl groups excluding tert-OH is 1. The number of carbonyl (C=O) groups is 3. The molecular formula is C24H28N2O7. The number of aliphatic hydroxyl groups is 1. The van der Waals surface area contributed by atoms with Crippen molar-refractivity contribution in [1.82, 2.24) is 5.48 Å². The third kappa shape index (κ3) is 7.44. The van der Waals surface area contributed by atoms with Crippen LogP contribution >= 0.6 is 0 Å². The van der Waals surface area contributed by atoms with E-state index in [1.54, 1.807) is 62.4 Å². The van der Waals surface area contributed by atoms with Crippen molar-refractivity contribution in [2.75, 3.05) is 18.5 Å². The molecule has 0 aliphatic carbocycles. The van der Waals surface area contributed by atoms with E-state index in [1.807, 2.05) is 0 Å². The van der Waals surface area contributed by atoms with Crippen LogP contribution in [0.15, 0.2) is 60.7 Å². The lowest BCUT2D eigenvalue weighted by molar-refractivity contribution is -0.124. The van der Waals surface area contributed by atoms with Crippen molar-refractivity contribution < 1.29 is 34.2 Å². The van der Waals surface area contributed by atoms with E-state index in [0.29, 0.717) is 22.6 Å². The van der Waals surface area contributed by atoms with Gasteiger partial charge in [0.05, 0.1) is 6.61 Å². The highest BCUT2D eigenvalue weighted by molar-refractivity contribution is 5.95. The fourth-order valence-electron chi connectivity index (χ4n) is 3.06. The maximum Gasteiger partial charge on any atom is 0.412 e. The molecule has 9 heteroatoms. The lowest BCUT2D eigenvalue weighted by Crippen LogP contribution is -2.28. The number of ether oxygens (including phenoxy) is 2. The second-order valence-electron chi connectivity index (χ2n) is 7.78. The van der Waals surface area contributed by atoms with E-state index < -0.39 is 23.5 Å². The van der Waals surface area contributed by atoms with Crippen molar-refractivity contribution in [2.24, 2.45) is 5.41 Å². The summed E-state index contributed by atoms with van der Waals surface area (Å²) in [5, 5.41) is 20.5. The van der Waals surface area contributed by atoms with Crippen LogP contribution in [0.4, 0.5) is 10.5 Å². The Morgan fingerprint density at radius 1 is 1.09 bits per heavy atom. The van der Waals surface area contributed by atoms with E-state index in [9.17, 15) is 14.4 Å². The Balaban J connectivity index is 2.34. The fourth-order valence-corrected chi connectivity index (χ4v) is 3.06. The molecule has 33 heavy (non-hydrogen) atoms. The predicted octanol–water partition coefficient (Wildman–Crippen LogP) is 3.64. The zero-order valence-corrected chi connectivity index (χ0v) is 18.7. The SMILES string of the molecule is CC(=O)c1ccc(NC(=O)O[C@@H](c2ccccc2OCCO)C(C)(C)/C=C/C(=O)NO)cc1. The molecule has 0 saturated heterocycles. The molecule has 0 saturated carbocycles. The molecule has 0 fully saturated rings. The second kappa shape index (κ2) is 11.8. The average Bonchev–Trinajstić information content (AvgIpc) is 2.80. The van der Waals surface area contributed by atoms with Crippen LogP contribution in [0.1, 0.15) is 42.8 Å². The van der Waals surface area contributed by atoms with Crippen LogP contribution in [0.5, 0.6) is 5.75 Å². The van der Waals surface area contributed by atoms with Crippen molar-refractivity contribution in [1.29, 1.82) is 0 Å². The van der Waals surface area contributed by atoms with Crippen molar-refractivity contribution in [3.63, 3.8) is 0 Å². The molecule has 2 rings (SSSR count). The van der Waals surface area contributed by atoms with Gasteiger partial charge in [0.2, 0.25) is 0 Å². The van der Waals surface area contributed by atoms with Gasteiger partial charge in [0.1, 0.15) is 18.5 Å². The number of benzene rings is 2. The summed E-state index contributed by atoms with van der Waals surface area (Å²) in [5.41, 5.74) is 2.07. The van der Waals surface area contributed by atoms with Gasteiger partial charge in [0.15, 0.2) is 5.78 Å². The number of amides is 2. The van der Waals surface area contributed by atoms with Gasteiger partial charge in [-0.05, 0) is 37.3 Å². The largest absolute Gasteiger partial charge is 0.491 e. The monoisotopic (exact) mass is 456 g/mol. The van der Waals surface area contributed by atoms with Crippen molar-refractivity contribution in [2.45, 2.75) is 26.9 Å². The first-order valence-electron chi connectivity index (χ1n) is 10.2. The number of Topliss-reactive ketones (excluding diaryl/α,β-unsaturated/α-hetero) is 1. The number of rotatable bonds is 10. The third-order valence-electron chi connectivity index (χ3n) is 4.76. The summed E-state index contributed by atoms with van der Waals surface area (Å²) in [6, 6.07) is 13.2. The van der Waals surface area contributed by atoms with Gasteiger partial charge in [-0.1, -0.05) is 38.1 Å². The zero-order valence-electron chi connectivity index (χ0n) is 18.7. The van der Waals surface area contributed by atoms with Crippen molar-refractivity contribution >= 4 is 23.5 Å². The number of para-hydroxylation sites is 1. The summed E-state index contributed by atoms with van der Waals surface area (Å²) in [6.45, 7) is 4.79. The fraction of sp³-hybridized carbons (Fsp3) is 0.292. The van der Waals surface area contributed by atoms with Crippen molar-refractivity contribution in [3.8, 4) is 5.75 Å². The average molecular weight is 456 g/mol. The molecule has 9 nitrogen and oxygen atoms in total. The number of hydroxylamine groups is 1. The number of hydrogen-bond donors (Lipinski definition) is 4. The second-order valence-corrected chi connectivity index (χ2v) is 7.78. The predicted molar refractivity (Wildman–Crippen MR) is 121 cm³/mol. The summed E-state index contributed by atoms with van der Waals surface area (Å²) < 4.78 is 11.4. The lowest BCUT2D eigenvalue weighted by Gasteiger charge is -2.32. The Bertz CT molecular complexity index is 1000. The molecule has 0 unspecified atom stereocenters. The highest BCUT2D eigenvalue weighted by atomic mass is 16.6. The van der Waals surface area contributed by atoms with Gasteiger partial charge in [0.25, 0.3) is 5.91 Å². The molecule has 4 N–H and O–H groups in total. The summed E-state index contributed by atoms with van der Waals surface area (Å²) >= 11 is 0. The molecule has 0 heterocycles. The molecule has 2 amide bonds. The van der Waals surface area contributed by atoms with Crippen LogP contribution in [0, 0.1) is 5.41 Å². The molecule has 0 aliphatic rings. The number of ketones is 1. The van der Waals surface area contributed by atoms with E-state index in [1.165, 1.54) is 18.5 Å². The standard InChI is InChI=1S/C24H28N2O7/c1-16(28)17-8-10-18(11-9-17)25-23(30)33-22(24(2,3)13-12-21(29)26-31)19-6-4-5-7-20(19)32-15-14-27/h4-13,22,27,31H,14-15H2,1-3H3,(H,25,30)(H,26,29)/b13-12+/t22-/m0/s1. The minimum atomic E-state index is -0.916. The minimum absolute atomic E-state index is 0.0433. The minimum Gasteiger partial charge on any atom is -0.491 e. The maximum atomic E-state index is 12.8. The highest BCUT2D eigenvalue weighted by Crippen LogP contribution is 2.42. The molecule has 2 aromatic carbocycles. The van der Waals surface area contributed by atoms with E-state index in [0.717, 1.165) is 6.08 Å². The molecule has 0 radical (unpaired) electrons. The van der Waals surface area contributed by atoms with E-state index in [2.05, 4.69) is 5.32 Å². The maximum absolute atomic E-state index is 12.8. The number of carbonyl (C=O) groups excluding carboxylic acids is 3. The summed E-state index contributed by atoms with van der Waals surface area (Å²) in [5.74, 6) is -0.422. The van der Waals surface area contributed by atoms with Crippen LogP contribution in [0.25, 0.3) is 0 Å². The normalized spacial score (nSPS) is 12.2. The Labute approximate surface area is 192 Å². The Kier molecular flexibility index (Phi) is 9.14. The van der Waals surface area contributed by atoms with Crippen LogP contribution < -0.4 is 15.5 Å². The number of anilines is 1. The first-order valence-corrected chi connectivity index (χ1v) is 10.2. The topological polar surface area (TPSA) is 134 Å². The molecule has 0 bridgehead atoms. The number of nitrogens with one attached hydrogen (secondary N) is 2. The van der Waals surface area contributed by atoms with Gasteiger partial charge in [-0.3, -0.25) is 20.1 Å². The van der Waals surface area contributed by atoms with Crippen LogP contribution in [0.2, 0.25) is 0 Å². The van der Waals surface area contributed by atoms with Gasteiger partial charge in [-0.15, -0.1) is 0 Å². The Morgan fingerprint density at radius 3 is 2.36 bits per heavy atom. The Morgan fingerprint density at radius 2 is 1.76 bits per heavy atom. The lowest BCUT2D eigenvalue weighted by atomic mass is 9.81. The third-order valence-corrected chi connectivity index (χ3v) is 4.76. The summed E-state index contributed by atoms with van der Waals surface area (Å²) in [7, 11) is 0. The molecule has 2 aromatic rings. The van der Waals surface area contributed by atoms with Crippen LogP contribution in [-0.2, 0) is 9.53 Å². The molecule has 0 aliphatic heterocycles. The van der Waals surface area contributed by atoms with Gasteiger partial charge >= 0.3 is 6.09 Å². The molecular weight excluding hydrogens is 428 g/mol. The summed E-state index contributed by atoms with van der Waals surface area (Å²) in [4.78, 5) is 35.7. The molecule has 176 valence electrons. The first-order chi connectivity index (χ1) is 15.7. The van der Waals surface area contributed by atoms with Crippen LogP contribution in [0.3, 0.4) is 0 Å². The van der Waals surface area contributed by atoms with Gasteiger partial charge in [0, 0.05) is 28.3 Å². The quantitative estimate of drug-likeness (QED) is 0.186. The smallest absolute Gasteiger partial charge is 0.412 e. The van der Waals surface area contributed by atoms with Gasteiger partial charge in [-0.25, -0.2) is 10.3 Å². The molecule has 0 aromatic heterocycles. The number of hydrogen-bond acceptors (Lipinski definition) is 7. The van der Waals surface area contributed by atoms with Gasteiger partial charge in [-0.2, -0.15) is 0 Å². The zero-order chi connectivity index (χ0) is 24.4. The molecule has 0 spiro atoms.